The van der Waals surface area contributed by atoms with Gasteiger partial charge in [-0.25, -0.2) is 0 Å². The molecule has 1 aromatic carbocycles. The third kappa shape index (κ3) is 3.23. The predicted molar refractivity (Wildman–Crippen MR) is 72.1 cm³/mol. The summed E-state index contributed by atoms with van der Waals surface area (Å²) in [5.41, 5.74) is 7.69. The molecule has 0 heterocycles. The van der Waals surface area contributed by atoms with Crippen molar-refractivity contribution in [1.82, 2.24) is 4.90 Å². The molecule has 3 N–H and O–H groups in total. The van der Waals surface area contributed by atoms with E-state index in [9.17, 15) is 9.59 Å². The van der Waals surface area contributed by atoms with Crippen molar-refractivity contribution in [3.05, 3.63) is 23.8 Å². The molecule has 0 radical (unpaired) electrons. The minimum Gasteiger partial charge on any atom is -0.397 e. The standard InChI is InChI=1S/C13H19N3O2/c1-4-16(5-2)13(18)12(17)15-11-7-6-9(3)8-10(11)14/h6-8H,4-5,14H2,1-3H3,(H,15,17). The highest BCUT2D eigenvalue weighted by atomic mass is 16.2. The number of nitrogens with two attached hydrogens (primary N) is 1. The van der Waals surface area contributed by atoms with E-state index in [2.05, 4.69) is 5.32 Å². The largest absolute Gasteiger partial charge is 0.397 e. The van der Waals surface area contributed by atoms with E-state index in [4.69, 9.17) is 5.73 Å². The fourth-order valence-electron chi connectivity index (χ4n) is 1.63. The van der Waals surface area contributed by atoms with Gasteiger partial charge in [0.2, 0.25) is 0 Å². The van der Waals surface area contributed by atoms with Crippen molar-refractivity contribution in [3.63, 3.8) is 0 Å². The van der Waals surface area contributed by atoms with Gasteiger partial charge >= 0.3 is 11.8 Å². The normalized spacial score (nSPS) is 9.94. The van der Waals surface area contributed by atoms with Crippen LogP contribution in [0.15, 0.2) is 18.2 Å². The molecule has 5 heteroatoms. The molecule has 0 aromatic heterocycles. The number of anilines is 2. The summed E-state index contributed by atoms with van der Waals surface area (Å²) in [7, 11) is 0. The third-order valence-electron chi connectivity index (χ3n) is 2.70. The van der Waals surface area contributed by atoms with Gasteiger partial charge in [0, 0.05) is 13.1 Å². The molecule has 1 aromatic rings. The molecule has 0 atom stereocenters. The lowest BCUT2D eigenvalue weighted by molar-refractivity contribution is -0.142. The Labute approximate surface area is 107 Å². The summed E-state index contributed by atoms with van der Waals surface area (Å²) >= 11 is 0. The second kappa shape index (κ2) is 6.05. The maximum Gasteiger partial charge on any atom is 0.313 e. The highest BCUT2D eigenvalue weighted by Crippen LogP contribution is 2.19. The summed E-state index contributed by atoms with van der Waals surface area (Å²) in [5.74, 6) is -1.20. The molecule has 0 spiro atoms. The number of hydrogen-bond donors (Lipinski definition) is 2. The maximum atomic E-state index is 11.8. The third-order valence-corrected chi connectivity index (χ3v) is 2.70. The van der Waals surface area contributed by atoms with E-state index in [-0.39, 0.29) is 0 Å². The number of carbonyl (C=O) groups excluding carboxylic acids is 2. The fourth-order valence-corrected chi connectivity index (χ4v) is 1.63. The number of amides is 2. The van der Waals surface area contributed by atoms with Crippen molar-refractivity contribution in [2.45, 2.75) is 20.8 Å². The van der Waals surface area contributed by atoms with Crippen LogP contribution in [0.2, 0.25) is 0 Å². The van der Waals surface area contributed by atoms with Gasteiger partial charge in [-0.05, 0) is 38.5 Å². The van der Waals surface area contributed by atoms with Crippen molar-refractivity contribution in [2.75, 3.05) is 24.1 Å². The highest BCUT2D eigenvalue weighted by molar-refractivity contribution is 6.39. The summed E-state index contributed by atoms with van der Waals surface area (Å²) in [6, 6.07) is 5.27. The topological polar surface area (TPSA) is 75.4 Å². The average molecular weight is 249 g/mol. The highest BCUT2D eigenvalue weighted by Gasteiger charge is 2.19. The second-order valence-electron chi connectivity index (χ2n) is 4.02. The maximum absolute atomic E-state index is 11.8. The Kier molecular flexibility index (Phi) is 4.71. The first kappa shape index (κ1) is 14.0. The van der Waals surface area contributed by atoms with E-state index in [0.29, 0.717) is 24.5 Å². The van der Waals surface area contributed by atoms with E-state index in [1.807, 2.05) is 26.8 Å². The lowest BCUT2D eigenvalue weighted by Crippen LogP contribution is -2.39. The first-order valence-corrected chi connectivity index (χ1v) is 5.96. The number of nitrogen functional groups attached to an aromatic ring is 1. The molecule has 0 fully saturated rings. The van der Waals surface area contributed by atoms with Crippen LogP contribution in [0.5, 0.6) is 0 Å². The lowest BCUT2D eigenvalue weighted by Gasteiger charge is -2.18. The Bertz CT molecular complexity index is 454. The Morgan fingerprint density at radius 1 is 1.28 bits per heavy atom. The van der Waals surface area contributed by atoms with Gasteiger partial charge in [-0.15, -0.1) is 0 Å². The summed E-state index contributed by atoms with van der Waals surface area (Å²) in [4.78, 5) is 25.0. The smallest absolute Gasteiger partial charge is 0.313 e. The van der Waals surface area contributed by atoms with Crippen LogP contribution >= 0.6 is 0 Å². The quantitative estimate of drug-likeness (QED) is 0.627. The van der Waals surface area contributed by atoms with Crippen LogP contribution in [-0.4, -0.2) is 29.8 Å². The second-order valence-corrected chi connectivity index (χ2v) is 4.02. The summed E-state index contributed by atoms with van der Waals surface area (Å²) in [5, 5.41) is 2.53. The molecule has 5 nitrogen and oxygen atoms in total. The van der Waals surface area contributed by atoms with Crippen LogP contribution in [0.1, 0.15) is 19.4 Å². The molecule has 2 amide bonds. The van der Waals surface area contributed by atoms with Gasteiger partial charge in [0.05, 0.1) is 11.4 Å². The average Bonchev–Trinajstić information content (AvgIpc) is 2.34. The van der Waals surface area contributed by atoms with Crippen LogP contribution < -0.4 is 11.1 Å². The molecule has 0 unspecified atom stereocenters. The molecule has 0 bridgehead atoms. The van der Waals surface area contributed by atoms with Gasteiger partial charge in [-0.3, -0.25) is 9.59 Å². The Morgan fingerprint density at radius 2 is 1.89 bits per heavy atom. The number of nitrogens with zero attached hydrogens (tertiary/aromatic N) is 1. The van der Waals surface area contributed by atoms with Crippen molar-refractivity contribution >= 4 is 23.2 Å². The molecule has 0 saturated heterocycles. The van der Waals surface area contributed by atoms with Gasteiger partial charge in [-0.2, -0.15) is 0 Å². The first-order valence-electron chi connectivity index (χ1n) is 5.96. The number of hydrogen-bond acceptors (Lipinski definition) is 3. The predicted octanol–water partition coefficient (Wildman–Crippen LogP) is 1.38. The van der Waals surface area contributed by atoms with E-state index in [1.54, 1.807) is 12.1 Å². The minimum absolute atomic E-state index is 0.454. The molecule has 18 heavy (non-hydrogen) atoms. The zero-order chi connectivity index (χ0) is 13.7. The van der Waals surface area contributed by atoms with Gasteiger partial charge in [-0.1, -0.05) is 6.07 Å². The Morgan fingerprint density at radius 3 is 2.39 bits per heavy atom. The summed E-state index contributed by atoms with van der Waals surface area (Å²) in [6.07, 6.45) is 0. The van der Waals surface area contributed by atoms with Crippen LogP contribution in [0.4, 0.5) is 11.4 Å². The van der Waals surface area contributed by atoms with Crippen LogP contribution in [-0.2, 0) is 9.59 Å². The molecular weight excluding hydrogens is 230 g/mol. The molecule has 0 aliphatic heterocycles. The summed E-state index contributed by atoms with van der Waals surface area (Å²) < 4.78 is 0. The molecule has 0 saturated carbocycles. The van der Waals surface area contributed by atoms with Crippen molar-refractivity contribution in [3.8, 4) is 0 Å². The minimum atomic E-state index is -0.658. The van der Waals surface area contributed by atoms with Gasteiger partial charge in [0.15, 0.2) is 0 Å². The van der Waals surface area contributed by atoms with E-state index >= 15 is 0 Å². The number of benzene rings is 1. The van der Waals surface area contributed by atoms with Gasteiger partial charge < -0.3 is 16.0 Å². The number of aryl methyl sites for hydroxylation is 1. The number of nitrogens with one attached hydrogen (secondary N) is 1. The molecular formula is C13H19N3O2. The molecule has 1 rings (SSSR count). The van der Waals surface area contributed by atoms with Crippen molar-refractivity contribution in [2.24, 2.45) is 0 Å². The van der Waals surface area contributed by atoms with Crippen LogP contribution in [0, 0.1) is 6.92 Å². The fraction of sp³-hybridized carbons (Fsp3) is 0.385. The van der Waals surface area contributed by atoms with Crippen molar-refractivity contribution in [1.29, 1.82) is 0 Å². The van der Waals surface area contributed by atoms with Crippen LogP contribution in [0.25, 0.3) is 0 Å². The van der Waals surface area contributed by atoms with Crippen molar-refractivity contribution < 1.29 is 9.59 Å². The van der Waals surface area contributed by atoms with E-state index in [1.165, 1.54) is 4.90 Å². The Balaban J connectivity index is 2.78. The first-order chi connectivity index (χ1) is 8.49. The van der Waals surface area contributed by atoms with Gasteiger partial charge in [0.25, 0.3) is 0 Å². The Hall–Kier alpha value is -2.04. The summed E-state index contributed by atoms with van der Waals surface area (Å²) in [6.45, 7) is 6.57. The number of rotatable bonds is 3. The molecule has 98 valence electrons. The molecule has 0 aliphatic carbocycles. The lowest BCUT2D eigenvalue weighted by atomic mass is 10.2. The zero-order valence-electron chi connectivity index (χ0n) is 11.0. The van der Waals surface area contributed by atoms with Crippen LogP contribution in [0.3, 0.4) is 0 Å². The number of likely N-dealkylation sites (N-methyl/N-ethyl adjacent to an activating group) is 1. The van der Waals surface area contributed by atoms with Gasteiger partial charge in [0.1, 0.15) is 0 Å². The number of carbonyl (C=O) groups is 2. The molecule has 0 aliphatic rings. The van der Waals surface area contributed by atoms with E-state index in [0.717, 1.165) is 5.56 Å². The SMILES string of the molecule is CCN(CC)C(=O)C(=O)Nc1ccc(C)cc1N. The zero-order valence-corrected chi connectivity index (χ0v) is 11.0. The van der Waals surface area contributed by atoms with E-state index < -0.39 is 11.8 Å². The monoisotopic (exact) mass is 249 g/mol.